The number of ether oxygens (including phenoxy) is 3. The molecule has 0 aliphatic rings. The van der Waals surface area contributed by atoms with Crippen molar-refractivity contribution in [2.45, 2.75) is 20.1 Å². The molecular formula is C27H26N4O5S. The van der Waals surface area contributed by atoms with Crippen molar-refractivity contribution in [2.24, 2.45) is 0 Å². The fraction of sp³-hybridized carbons (Fsp3) is 0.185. The molecule has 0 radical (unpaired) electrons. The molecule has 0 saturated carbocycles. The first-order valence-electron chi connectivity index (χ1n) is 11.4. The minimum atomic E-state index is -0.397. The van der Waals surface area contributed by atoms with Crippen LogP contribution < -0.4 is 24.8 Å². The van der Waals surface area contributed by atoms with Crippen LogP contribution in [-0.4, -0.2) is 36.2 Å². The van der Waals surface area contributed by atoms with Crippen LogP contribution in [0.1, 0.15) is 36.3 Å². The van der Waals surface area contributed by atoms with Crippen molar-refractivity contribution in [2.75, 3.05) is 19.5 Å². The first kappa shape index (κ1) is 25.6. The van der Waals surface area contributed by atoms with E-state index in [1.165, 1.54) is 0 Å². The fourth-order valence-electron chi connectivity index (χ4n) is 3.43. The number of aryl methyl sites for hydroxylation is 1. The van der Waals surface area contributed by atoms with Gasteiger partial charge in [0, 0.05) is 23.9 Å². The summed E-state index contributed by atoms with van der Waals surface area (Å²) in [5.41, 5.74) is 3.22. The number of methoxy groups -OCH3 is 2. The molecule has 37 heavy (non-hydrogen) atoms. The molecule has 4 aromatic rings. The number of carbonyl (C=O) groups excluding carboxylic acids is 2. The van der Waals surface area contributed by atoms with Crippen LogP contribution >= 0.6 is 11.3 Å². The maximum Gasteiger partial charge on any atom is 0.286 e. The highest BCUT2D eigenvalue weighted by atomic mass is 32.1. The van der Waals surface area contributed by atoms with Gasteiger partial charge in [0.1, 0.15) is 12.4 Å². The predicted molar refractivity (Wildman–Crippen MR) is 141 cm³/mol. The van der Waals surface area contributed by atoms with E-state index >= 15 is 0 Å². The van der Waals surface area contributed by atoms with Crippen LogP contribution in [0.4, 0.5) is 5.69 Å². The van der Waals surface area contributed by atoms with Gasteiger partial charge in [-0.05, 0) is 54.4 Å². The van der Waals surface area contributed by atoms with Crippen molar-refractivity contribution in [3.8, 4) is 17.2 Å². The minimum Gasteiger partial charge on any atom is -0.493 e. The van der Waals surface area contributed by atoms with E-state index in [1.54, 1.807) is 56.7 Å². The number of hydrogen-bond acceptors (Lipinski definition) is 8. The van der Waals surface area contributed by atoms with Gasteiger partial charge in [-0.1, -0.05) is 35.6 Å². The lowest BCUT2D eigenvalue weighted by Gasteiger charge is -2.09. The number of anilines is 1. The van der Waals surface area contributed by atoms with Crippen molar-refractivity contribution < 1.29 is 23.8 Å². The van der Waals surface area contributed by atoms with Gasteiger partial charge in [0.25, 0.3) is 11.8 Å². The van der Waals surface area contributed by atoms with Crippen molar-refractivity contribution >= 4 is 28.8 Å². The Morgan fingerprint density at radius 2 is 1.65 bits per heavy atom. The number of nitrogens with zero attached hydrogens (tertiary/aromatic N) is 2. The molecule has 0 spiro atoms. The Kier molecular flexibility index (Phi) is 8.32. The first-order valence-corrected chi connectivity index (χ1v) is 12.2. The van der Waals surface area contributed by atoms with Crippen LogP contribution in [0.25, 0.3) is 0 Å². The Labute approximate surface area is 218 Å². The molecular weight excluding hydrogens is 492 g/mol. The molecule has 0 unspecified atom stereocenters. The highest BCUT2D eigenvalue weighted by molar-refractivity contribution is 7.13. The molecule has 10 heteroatoms. The SMILES string of the molecule is COc1ccc(OCc2nnc(C(=O)Nc3ccc(C(=O)NCc4ccccc4C)cc3)s2)cc1OC. The molecule has 0 saturated heterocycles. The molecule has 0 fully saturated rings. The van der Waals surface area contributed by atoms with Gasteiger partial charge in [-0.2, -0.15) is 0 Å². The Morgan fingerprint density at radius 3 is 2.38 bits per heavy atom. The van der Waals surface area contributed by atoms with Gasteiger partial charge in [0.15, 0.2) is 16.5 Å². The number of aromatic nitrogens is 2. The fourth-order valence-corrected chi connectivity index (χ4v) is 4.08. The quantitative estimate of drug-likeness (QED) is 0.315. The Bertz CT molecular complexity index is 1390. The van der Waals surface area contributed by atoms with E-state index in [2.05, 4.69) is 20.8 Å². The zero-order chi connectivity index (χ0) is 26.2. The van der Waals surface area contributed by atoms with E-state index in [9.17, 15) is 9.59 Å². The number of nitrogens with one attached hydrogen (secondary N) is 2. The number of benzene rings is 3. The van der Waals surface area contributed by atoms with Crippen molar-refractivity contribution in [1.82, 2.24) is 15.5 Å². The second kappa shape index (κ2) is 12.0. The van der Waals surface area contributed by atoms with Crippen molar-refractivity contribution in [3.63, 3.8) is 0 Å². The summed E-state index contributed by atoms with van der Waals surface area (Å²) in [6.45, 7) is 2.59. The zero-order valence-electron chi connectivity index (χ0n) is 20.6. The van der Waals surface area contributed by atoms with Gasteiger partial charge in [0.2, 0.25) is 5.01 Å². The Balaban J connectivity index is 1.29. The third kappa shape index (κ3) is 6.62. The van der Waals surface area contributed by atoms with Gasteiger partial charge < -0.3 is 24.8 Å². The highest BCUT2D eigenvalue weighted by Crippen LogP contribution is 2.31. The zero-order valence-corrected chi connectivity index (χ0v) is 21.4. The monoisotopic (exact) mass is 518 g/mol. The summed E-state index contributed by atoms with van der Waals surface area (Å²) in [6, 6.07) is 19.8. The molecule has 0 atom stereocenters. The molecule has 9 nitrogen and oxygen atoms in total. The van der Waals surface area contributed by atoms with Gasteiger partial charge in [-0.15, -0.1) is 10.2 Å². The molecule has 3 aromatic carbocycles. The van der Waals surface area contributed by atoms with Crippen LogP contribution in [-0.2, 0) is 13.2 Å². The summed E-state index contributed by atoms with van der Waals surface area (Å²) in [4.78, 5) is 25.1. The first-order chi connectivity index (χ1) is 18.0. The van der Waals surface area contributed by atoms with Crippen LogP contribution in [0.2, 0.25) is 0 Å². The van der Waals surface area contributed by atoms with Crippen LogP contribution in [0.15, 0.2) is 66.7 Å². The average Bonchev–Trinajstić information content (AvgIpc) is 3.41. The maximum absolute atomic E-state index is 12.6. The van der Waals surface area contributed by atoms with Crippen LogP contribution in [0.5, 0.6) is 17.2 Å². The smallest absolute Gasteiger partial charge is 0.286 e. The summed E-state index contributed by atoms with van der Waals surface area (Å²) in [7, 11) is 3.11. The van der Waals surface area contributed by atoms with E-state index in [4.69, 9.17) is 14.2 Å². The summed E-state index contributed by atoms with van der Waals surface area (Å²) in [5.74, 6) is 1.13. The Morgan fingerprint density at radius 1 is 0.892 bits per heavy atom. The number of hydrogen-bond donors (Lipinski definition) is 2. The minimum absolute atomic E-state index is 0.146. The average molecular weight is 519 g/mol. The Hall–Kier alpha value is -4.44. The molecule has 190 valence electrons. The number of rotatable bonds is 10. The third-order valence-electron chi connectivity index (χ3n) is 5.48. The van der Waals surface area contributed by atoms with E-state index in [0.717, 1.165) is 22.5 Å². The molecule has 1 heterocycles. The van der Waals surface area contributed by atoms with Gasteiger partial charge in [-0.25, -0.2) is 0 Å². The van der Waals surface area contributed by atoms with Crippen molar-refractivity contribution in [3.05, 3.63) is 93.4 Å². The summed E-state index contributed by atoms with van der Waals surface area (Å²) in [5, 5.41) is 14.4. The van der Waals surface area contributed by atoms with E-state index < -0.39 is 5.91 Å². The molecule has 2 N–H and O–H groups in total. The molecule has 1 aromatic heterocycles. The number of carbonyl (C=O) groups is 2. The summed E-state index contributed by atoms with van der Waals surface area (Å²) < 4.78 is 16.2. The van der Waals surface area contributed by atoms with E-state index in [-0.39, 0.29) is 17.5 Å². The maximum atomic E-state index is 12.6. The van der Waals surface area contributed by atoms with Gasteiger partial charge >= 0.3 is 0 Å². The lowest BCUT2D eigenvalue weighted by atomic mass is 10.1. The lowest BCUT2D eigenvalue weighted by molar-refractivity contribution is 0.0950. The largest absolute Gasteiger partial charge is 0.493 e. The lowest BCUT2D eigenvalue weighted by Crippen LogP contribution is -2.23. The van der Waals surface area contributed by atoms with Crippen LogP contribution in [0, 0.1) is 6.92 Å². The van der Waals surface area contributed by atoms with Crippen molar-refractivity contribution in [1.29, 1.82) is 0 Å². The highest BCUT2D eigenvalue weighted by Gasteiger charge is 2.15. The predicted octanol–water partition coefficient (Wildman–Crippen LogP) is 4.63. The van der Waals surface area contributed by atoms with Gasteiger partial charge in [0.05, 0.1) is 14.2 Å². The standard InChI is InChI=1S/C27H26N4O5S/c1-17-6-4-5-7-19(17)15-28-25(32)18-8-10-20(11-9-18)29-26(33)27-31-30-24(37-27)16-36-21-12-13-22(34-2)23(14-21)35-3/h4-14H,15-16H2,1-3H3,(H,28,32)(H,29,33). The van der Waals surface area contributed by atoms with E-state index in [0.29, 0.717) is 40.1 Å². The molecule has 4 rings (SSSR count). The third-order valence-corrected chi connectivity index (χ3v) is 6.38. The second-order valence-corrected chi connectivity index (χ2v) is 9.01. The molecule has 2 amide bonds. The van der Waals surface area contributed by atoms with Gasteiger partial charge in [-0.3, -0.25) is 9.59 Å². The summed E-state index contributed by atoms with van der Waals surface area (Å²) >= 11 is 1.13. The normalized spacial score (nSPS) is 10.5. The summed E-state index contributed by atoms with van der Waals surface area (Å²) in [6.07, 6.45) is 0. The molecule has 0 aliphatic carbocycles. The van der Waals surface area contributed by atoms with E-state index in [1.807, 2.05) is 31.2 Å². The molecule has 0 bridgehead atoms. The van der Waals surface area contributed by atoms with Crippen LogP contribution in [0.3, 0.4) is 0 Å². The number of amides is 2. The molecule has 0 aliphatic heterocycles. The topological polar surface area (TPSA) is 112 Å². The second-order valence-electron chi connectivity index (χ2n) is 7.95.